The van der Waals surface area contributed by atoms with Crippen LogP contribution in [0.3, 0.4) is 0 Å². The lowest BCUT2D eigenvalue weighted by atomic mass is 10.1. The minimum atomic E-state index is -0.375. The van der Waals surface area contributed by atoms with Gasteiger partial charge in [-0.15, -0.1) is 10.2 Å². The Kier molecular flexibility index (Phi) is 14.3. The van der Waals surface area contributed by atoms with Gasteiger partial charge >= 0.3 is 0 Å². The fraction of sp³-hybridized carbons (Fsp3) is 0.414. The highest BCUT2D eigenvalue weighted by molar-refractivity contribution is 5.60. The third kappa shape index (κ3) is 8.74. The lowest BCUT2D eigenvalue weighted by molar-refractivity contribution is 0.412. The molecule has 0 aliphatic rings. The molecular formula is C29H41FN6O. The lowest BCUT2D eigenvalue weighted by Gasteiger charge is -2.15. The van der Waals surface area contributed by atoms with Gasteiger partial charge in [-0.2, -0.15) is 0 Å². The number of aromatic nitrogens is 6. The zero-order valence-corrected chi connectivity index (χ0v) is 23.7. The van der Waals surface area contributed by atoms with Crippen LogP contribution in [0.25, 0.3) is 17.2 Å². The number of pyridine rings is 1. The van der Waals surface area contributed by atoms with E-state index in [9.17, 15) is 4.39 Å². The number of rotatable bonds is 6. The van der Waals surface area contributed by atoms with Crippen LogP contribution in [0.4, 0.5) is 4.39 Å². The van der Waals surface area contributed by atoms with Crippen molar-refractivity contribution in [1.29, 1.82) is 0 Å². The molecule has 3 aromatic heterocycles. The highest BCUT2D eigenvalue weighted by Gasteiger charge is 2.19. The molecule has 200 valence electrons. The Morgan fingerprint density at radius 3 is 2.14 bits per heavy atom. The standard InChI is InChI=1S/C18H20N4O.C7H9FN2.2C2H6/c1-5-14-9-7-10-15(19-14)18-21-20-13(3)22(18)17-12(2)8-6-11-16(17)23-4;1-2-3-7-9-4-6(8)5-10-7;2*1-2/h6-11H,5H2,1-4H3;4-5H,2-3H2,1H3;2*1-2H3. The van der Waals surface area contributed by atoms with Crippen LogP contribution in [-0.4, -0.2) is 36.8 Å². The van der Waals surface area contributed by atoms with E-state index in [1.54, 1.807) is 7.11 Å². The number of para-hydroxylation sites is 1. The SMILES string of the molecule is CC.CC.CCCc1ncc(F)cn1.CCc1cccc(-c2nnc(C)n2-c2c(C)cccc2OC)n1. The topological polar surface area (TPSA) is 78.6 Å². The molecule has 0 fully saturated rings. The third-order valence-electron chi connectivity index (χ3n) is 5.01. The third-order valence-corrected chi connectivity index (χ3v) is 5.01. The lowest BCUT2D eigenvalue weighted by Crippen LogP contribution is -2.05. The molecule has 3 heterocycles. The van der Waals surface area contributed by atoms with E-state index < -0.39 is 0 Å². The van der Waals surface area contributed by atoms with Gasteiger partial charge in [0.15, 0.2) is 11.6 Å². The molecule has 37 heavy (non-hydrogen) atoms. The first kappa shape index (κ1) is 31.4. The van der Waals surface area contributed by atoms with Crippen molar-refractivity contribution in [2.24, 2.45) is 0 Å². The van der Waals surface area contributed by atoms with Crippen molar-refractivity contribution >= 4 is 0 Å². The normalized spacial score (nSPS) is 9.68. The van der Waals surface area contributed by atoms with E-state index in [0.29, 0.717) is 5.82 Å². The molecule has 0 spiro atoms. The van der Waals surface area contributed by atoms with Gasteiger partial charge in [-0.05, 0) is 50.5 Å². The number of hydrogen-bond donors (Lipinski definition) is 0. The van der Waals surface area contributed by atoms with Crippen molar-refractivity contribution in [3.63, 3.8) is 0 Å². The minimum Gasteiger partial charge on any atom is -0.495 e. The highest BCUT2D eigenvalue weighted by atomic mass is 19.1. The maximum Gasteiger partial charge on any atom is 0.187 e. The van der Waals surface area contributed by atoms with Crippen molar-refractivity contribution in [2.75, 3.05) is 7.11 Å². The number of ether oxygens (including phenoxy) is 1. The Morgan fingerprint density at radius 2 is 1.54 bits per heavy atom. The summed E-state index contributed by atoms with van der Waals surface area (Å²) in [5.41, 5.74) is 3.90. The van der Waals surface area contributed by atoms with Crippen molar-refractivity contribution in [2.45, 2.75) is 74.7 Å². The van der Waals surface area contributed by atoms with Gasteiger partial charge in [0, 0.05) is 12.1 Å². The van der Waals surface area contributed by atoms with Gasteiger partial charge in [-0.25, -0.2) is 19.3 Å². The summed E-state index contributed by atoms with van der Waals surface area (Å²) >= 11 is 0. The van der Waals surface area contributed by atoms with Crippen LogP contribution >= 0.6 is 0 Å². The monoisotopic (exact) mass is 508 g/mol. The zero-order valence-electron chi connectivity index (χ0n) is 23.7. The Bertz CT molecular complexity index is 1190. The summed E-state index contributed by atoms with van der Waals surface area (Å²) < 4.78 is 19.8. The van der Waals surface area contributed by atoms with Crippen LogP contribution in [0.1, 0.15) is 70.9 Å². The summed E-state index contributed by atoms with van der Waals surface area (Å²) in [5, 5.41) is 8.61. The summed E-state index contributed by atoms with van der Waals surface area (Å²) in [6.45, 7) is 16.1. The molecule has 1 aromatic carbocycles. The predicted molar refractivity (Wildman–Crippen MR) is 149 cm³/mol. The number of aryl methyl sites for hydroxylation is 4. The predicted octanol–water partition coefficient (Wildman–Crippen LogP) is 7.14. The van der Waals surface area contributed by atoms with Gasteiger partial charge in [0.1, 0.15) is 23.1 Å². The summed E-state index contributed by atoms with van der Waals surface area (Å²) in [6.07, 6.45) is 5.08. The quantitative estimate of drug-likeness (QED) is 0.275. The summed E-state index contributed by atoms with van der Waals surface area (Å²) in [5.74, 6) is 2.66. The second-order valence-electron chi connectivity index (χ2n) is 7.47. The van der Waals surface area contributed by atoms with E-state index in [1.165, 1.54) is 12.4 Å². The summed E-state index contributed by atoms with van der Waals surface area (Å²) in [7, 11) is 1.67. The average molecular weight is 509 g/mol. The van der Waals surface area contributed by atoms with Gasteiger partial charge in [-0.1, -0.05) is 59.7 Å². The number of methoxy groups -OCH3 is 1. The first-order valence-corrected chi connectivity index (χ1v) is 13.0. The van der Waals surface area contributed by atoms with E-state index in [0.717, 1.165) is 59.3 Å². The largest absolute Gasteiger partial charge is 0.495 e. The van der Waals surface area contributed by atoms with Crippen LogP contribution in [0.15, 0.2) is 48.8 Å². The maximum absolute atomic E-state index is 12.2. The van der Waals surface area contributed by atoms with Crippen LogP contribution in [0.2, 0.25) is 0 Å². The van der Waals surface area contributed by atoms with Crippen LogP contribution < -0.4 is 4.74 Å². The minimum absolute atomic E-state index is 0.375. The van der Waals surface area contributed by atoms with Crippen molar-refractivity contribution in [3.8, 4) is 23.0 Å². The fourth-order valence-electron chi connectivity index (χ4n) is 3.37. The van der Waals surface area contributed by atoms with Gasteiger partial charge in [0.05, 0.1) is 25.2 Å². The smallest absolute Gasteiger partial charge is 0.187 e. The van der Waals surface area contributed by atoms with E-state index in [-0.39, 0.29) is 5.82 Å². The maximum atomic E-state index is 12.2. The van der Waals surface area contributed by atoms with E-state index >= 15 is 0 Å². The Balaban J connectivity index is 0.000000409. The molecule has 4 aromatic rings. The molecule has 0 atom stereocenters. The first-order valence-electron chi connectivity index (χ1n) is 13.0. The molecule has 0 N–H and O–H groups in total. The van der Waals surface area contributed by atoms with Crippen LogP contribution in [-0.2, 0) is 12.8 Å². The van der Waals surface area contributed by atoms with Gasteiger partial charge in [-0.3, -0.25) is 4.57 Å². The Labute approximate surface area is 221 Å². The number of halogens is 1. The molecule has 8 heteroatoms. The Morgan fingerprint density at radius 1 is 0.892 bits per heavy atom. The van der Waals surface area contributed by atoms with Crippen molar-refractivity contribution < 1.29 is 9.13 Å². The van der Waals surface area contributed by atoms with Crippen LogP contribution in [0, 0.1) is 19.7 Å². The number of nitrogens with zero attached hydrogens (tertiary/aromatic N) is 6. The molecule has 0 radical (unpaired) electrons. The molecule has 0 unspecified atom stereocenters. The van der Waals surface area contributed by atoms with Gasteiger partial charge < -0.3 is 4.74 Å². The second kappa shape index (κ2) is 16.9. The number of benzene rings is 1. The molecule has 7 nitrogen and oxygen atoms in total. The van der Waals surface area contributed by atoms with Crippen molar-refractivity contribution in [1.82, 2.24) is 29.7 Å². The Hall–Kier alpha value is -3.68. The van der Waals surface area contributed by atoms with Gasteiger partial charge in [0.2, 0.25) is 0 Å². The molecule has 4 rings (SSSR count). The van der Waals surface area contributed by atoms with Crippen molar-refractivity contribution in [3.05, 3.63) is 77.5 Å². The summed E-state index contributed by atoms with van der Waals surface area (Å²) in [6, 6.07) is 12.0. The molecule has 0 saturated heterocycles. The molecule has 0 bridgehead atoms. The van der Waals surface area contributed by atoms with E-state index in [2.05, 4.69) is 45.1 Å². The first-order chi connectivity index (χ1) is 18.0. The second-order valence-corrected chi connectivity index (χ2v) is 7.47. The van der Waals surface area contributed by atoms with Gasteiger partial charge in [0.25, 0.3) is 0 Å². The molecule has 0 aliphatic carbocycles. The van der Waals surface area contributed by atoms with Crippen LogP contribution in [0.5, 0.6) is 5.75 Å². The zero-order chi connectivity index (χ0) is 27.8. The van der Waals surface area contributed by atoms with E-state index in [1.807, 2.05) is 76.4 Å². The number of hydrogen-bond acceptors (Lipinski definition) is 6. The van der Waals surface area contributed by atoms with E-state index in [4.69, 9.17) is 4.74 Å². The fourth-order valence-corrected chi connectivity index (χ4v) is 3.37. The average Bonchev–Trinajstić information content (AvgIpc) is 3.33. The molecule has 0 amide bonds. The summed E-state index contributed by atoms with van der Waals surface area (Å²) in [4.78, 5) is 12.2. The highest BCUT2D eigenvalue weighted by Crippen LogP contribution is 2.31. The molecule has 0 saturated carbocycles. The molecular weight excluding hydrogens is 467 g/mol. The molecule has 0 aliphatic heterocycles.